The highest BCUT2D eigenvalue weighted by Crippen LogP contribution is 2.40. The van der Waals surface area contributed by atoms with Crippen LogP contribution in [0, 0.1) is 13.8 Å². The van der Waals surface area contributed by atoms with Gasteiger partial charge >= 0.3 is 0 Å². The smallest absolute Gasteiger partial charge is 0.261 e. The monoisotopic (exact) mass is 458 g/mol. The molecule has 3 heterocycles. The standard InChI is InChI=1S/C26H26N4O2S/c1-18-7-5-10-21(19(18)2)28-13-15-29(16-14-28)24(31)17-30-22-9-3-4-11-23(22)33-25-20(26(30)32)8-6-12-27-25/h3-12H,13-17H2,1-2H3. The van der Waals surface area contributed by atoms with E-state index in [2.05, 4.69) is 41.9 Å². The number of carbonyl (C=O) groups is 2. The molecule has 1 saturated heterocycles. The first kappa shape index (κ1) is 21.5. The highest BCUT2D eigenvalue weighted by Gasteiger charge is 2.31. The molecule has 0 saturated carbocycles. The molecule has 2 amide bonds. The molecule has 0 bridgehead atoms. The Morgan fingerprint density at radius 3 is 2.52 bits per heavy atom. The van der Waals surface area contributed by atoms with Gasteiger partial charge in [0.15, 0.2) is 0 Å². The molecule has 7 heteroatoms. The second-order valence-corrected chi connectivity index (χ2v) is 9.43. The van der Waals surface area contributed by atoms with Crippen LogP contribution in [-0.2, 0) is 4.79 Å². The zero-order valence-electron chi connectivity index (χ0n) is 18.8. The molecule has 1 fully saturated rings. The Morgan fingerprint density at radius 2 is 1.70 bits per heavy atom. The van der Waals surface area contributed by atoms with Crippen LogP contribution in [-0.4, -0.2) is 54.4 Å². The van der Waals surface area contributed by atoms with Gasteiger partial charge in [-0.15, -0.1) is 0 Å². The van der Waals surface area contributed by atoms with Gasteiger partial charge in [0.05, 0.1) is 11.3 Å². The van der Waals surface area contributed by atoms with Gasteiger partial charge in [0.2, 0.25) is 5.91 Å². The third-order valence-electron chi connectivity index (χ3n) is 6.45. The maximum absolute atomic E-state index is 13.4. The molecule has 0 spiro atoms. The summed E-state index contributed by atoms with van der Waals surface area (Å²) in [7, 11) is 0. The van der Waals surface area contributed by atoms with E-state index in [1.165, 1.54) is 28.6 Å². The second-order valence-electron chi connectivity index (χ2n) is 8.40. The maximum atomic E-state index is 13.4. The number of hydrogen-bond donors (Lipinski definition) is 0. The minimum absolute atomic E-state index is 0.0220. The van der Waals surface area contributed by atoms with E-state index < -0.39 is 0 Å². The minimum Gasteiger partial charge on any atom is -0.368 e. The van der Waals surface area contributed by atoms with Gasteiger partial charge in [-0.1, -0.05) is 36.0 Å². The predicted octanol–water partition coefficient (Wildman–Crippen LogP) is 4.16. The summed E-state index contributed by atoms with van der Waals surface area (Å²) in [6.07, 6.45) is 1.69. The largest absolute Gasteiger partial charge is 0.368 e. The molecular weight excluding hydrogens is 432 g/mol. The van der Waals surface area contributed by atoms with Crippen molar-refractivity contribution < 1.29 is 9.59 Å². The van der Waals surface area contributed by atoms with Gasteiger partial charge in [-0.3, -0.25) is 14.5 Å². The SMILES string of the molecule is Cc1cccc(N2CCN(C(=O)CN3C(=O)c4cccnc4Sc4ccccc43)CC2)c1C. The summed E-state index contributed by atoms with van der Waals surface area (Å²) in [6, 6.07) is 17.6. The van der Waals surface area contributed by atoms with Crippen molar-refractivity contribution in [2.75, 3.05) is 42.5 Å². The van der Waals surface area contributed by atoms with E-state index in [1.54, 1.807) is 23.2 Å². The maximum Gasteiger partial charge on any atom is 0.261 e. The molecule has 5 rings (SSSR count). The van der Waals surface area contributed by atoms with Gasteiger partial charge in [0.25, 0.3) is 5.91 Å². The summed E-state index contributed by atoms with van der Waals surface area (Å²) >= 11 is 1.47. The first-order valence-corrected chi connectivity index (χ1v) is 12.0. The highest BCUT2D eigenvalue weighted by molar-refractivity contribution is 7.99. The van der Waals surface area contributed by atoms with E-state index in [4.69, 9.17) is 0 Å². The van der Waals surface area contributed by atoms with E-state index in [0.29, 0.717) is 23.7 Å². The van der Waals surface area contributed by atoms with Gasteiger partial charge < -0.3 is 9.80 Å². The molecule has 0 N–H and O–H groups in total. The van der Waals surface area contributed by atoms with Crippen molar-refractivity contribution in [2.24, 2.45) is 0 Å². The zero-order chi connectivity index (χ0) is 22.9. The Hall–Kier alpha value is -3.32. The number of anilines is 2. The fourth-order valence-electron chi connectivity index (χ4n) is 4.43. The summed E-state index contributed by atoms with van der Waals surface area (Å²) in [5.74, 6) is -0.214. The molecular formula is C26H26N4O2S. The summed E-state index contributed by atoms with van der Waals surface area (Å²) in [6.45, 7) is 7.14. The van der Waals surface area contributed by atoms with Crippen LogP contribution in [0.25, 0.3) is 0 Å². The molecule has 0 unspecified atom stereocenters. The van der Waals surface area contributed by atoms with Crippen LogP contribution in [0.1, 0.15) is 21.5 Å². The topological polar surface area (TPSA) is 56.8 Å². The molecule has 33 heavy (non-hydrogen) atoms. The lowest BCUT2D eigenvalue weighted by Crippen LogP contribution is -2.52. The molecule has 168 valence electrons. The molecule has 0 aliphatic carbocycles. The number of piperazine rings is 1. The Bertz CT molecular complexity index is 1220. The molecule has 1 aromatic heterocycles. The molecule has 3 aromatic rings. The number of aryl methyl sites for hydroxylation is 1. The summed E-state index contributed by atoms with van der Waals surface area (Å²) < 4.78 is 0. The van der Waals surface area contributed by atoms with Crippen molar-refractivity contribution in [3.05, 3.63) is 77.5 Å². The van der Waals surface area contributed by atoms with Crippen molar-refractivity contribution >= 4 is 35.0 Å². The van der Waals surface area contributed by atoms with Crippen LogP contribution < -0.4 is 9.80 Å². The third-order valence-corrected chi connectivity index (χ3v) is 7.54. The fraction of sp³-hybridized carbons (Fsp3) is 0.269. The van der Waals surface area contributed by atoms with Crippen LogP contribution in [0.2, 0.25) is 0 Å². The molecule has 2 aliphatic rings. The Labute approximate surface area is 198 Å². The number of rotatable bonds is 3. The van der Waals surface area contributed by atoms with E-state index in [-0.39, 0.29) is 18.4 Å². The van der Waals surface area contributed by atoms with Gasteiger partial charge in [-0.05, 0) is 55.3 Å². The Morgan fingerprint density at radius 1 is 0.939 bits per heavy atom. The predicted molar refractivity (Wildman–Crippen MR) is 131 cm³/mol. The van der Waals surface area contributed by atoms with Gasteiger partial charge in [-0.2, -0.15) is 0 Å². The summed E-state index contributed by atoms with van der Waals surface area (Å²) in [5.41, 5.74) is 5.09. The summed E-state index contributed by atoms with van der Waals surface area (Å²) in [4.78, 5) is 37.9. The third kappa shape index (κ3) is 4.09. The van der Waals surface area contributed by atoms with Crippen LogP contribution >= 0.6 is 11.8 Å². The molecule has 0 atom stereocenters. The number of amides is 2. The number of pyridine rings is 1. The quantitative estimate of drug-likeness (QED) is 0.590. The van der Waals surface area contributed by atoms with E-state index in [9.17, 15) is 9.59 Å². The van der Waals surface area contributed by atoms with Gasteiger partial charge in [-0.25, -0.2) is 4.98 Å². The molecule has 6 nitrogen and oxygen atoms in total. The van der Waals surface area contributed by atoms with Gasteiger partial charge in [0.1, 0.15) is 11.6 Å². The van der Waals surface area contributed by atoms with Crippen molar-refractivity contribution in [1.82, 2.24) is 9.88 Å². The Balaban J connectivity index is 1.33. The number of fused-ring (bicyclic) bond motifs is 2. The van der Waals surface area contributed by atoms with Gasteiger partial charge in [0, 0.05) is 43.0 Å². The van der Waals surface area contributed by atoms with E-state index in [0.717, 1.165) is 23.7 Å². The van der Waals surface area contributed by atoms with Crippen molar-refractivity contribution in [3.8, 4) is 0 Å². The first-order valence-electron chi connectivity index (χ1n) is 11.2. The average molecular weight is 459 g/mol. The Kier molecular flexibility index (Phi) is 5.81. The number of aromatic nitrogens is 1. The lowest BCUT2D eigenvalue weighted by atomic mass is 10.1. The summed E-state index contributed by atoms with van der Waals surface area (Å²) in [5, 5.41) is 0.673. The lowest BCUT2D eigenvalue weighted by Gasteiger charge is -2.37. The average Bonchev–Trinajstić information content (AvgIpc) is 2.96. The molecule has 2 aliphatic heterocycles. The van der Waals surface area contributed by atoms with Crippen molar-refractivity contribution in [2.45, 2.75) is 23.8 Å². The zero-order valence-corrected chi connectivity index (χ0v) is 19.6. The van der Waals surface area contributed by atoms with Crippen LogP contribution in [0.5, 0.6) is 0 Å². The second kappa shape index (κ2) is 8.90. The van der Waals surface area contributed by atoms with Crippen LogP contribution in [0.4, 0.5) is 11.4 Å². The number of benzene rings is 2. The number of carbonyl (C=O) groups excluding carboxylic acids is 2. The fourth-order valence-corrected chi connectivity index (χ4v) is 5.44. The van der Waals surface area contributed by atoms with E-state index >= 15 is 0 Å². The van der Waals surface area contributed by atoms with Crippen molar-refractivity contribution in [1.29, 1.82) is 0 Å². The van der Waals surface area contributed by atoms with E-state index in [1.807, 2.05) is 29.2 Å². The highest BCUT2D eigenvalue weighted by atomic mass is 32.2. The van der Waals surface area contributed by atoms with Crippen LogP contribution in [0.15, 0.2) is 70.7 Å². The minimum atomic E-state index is -0.182. The number of hydrogen-bond acceptors (Lipinski definition) is 5. The molecule has 0 radical (unpaired) electrons. The molecule has 2 aromatic carbocycles. The van der Waals surface area contributed by atoms with Crippen molar-refractivity contribution in [3.63, 3.8) is 0 Å². The normalized spacial score (nSPS) is 15.7. The number of nitrogens with zero attached hydrogens (tertiary/aromatic N) is 4. The van der Waals surface area contributed by atoms with Crippen LogP contribution in [0.3, 0.4) is 0 Å². The lowest BCUT2D eigenvalue weighted by molar-refractivity contribution is -0.129. The first-order chi connectivity index (χ1) is 16.0. The number of para-hydroxylation sites is 1.